The van der Waals surface area contributed by atoms with Crippen molar-refractivity contribution < 1.29 is 112 Å². The van der Waals surface area contributed by atoms with E-state index in [1.54, 1.807) is 84.9 Å². The van der Waals surface area contributed by atoms with E-state index >= 15 is 8.78 Å². The van der Waals surface area contributed by atoms with Crippen LogP contribution in [0.25, 0.3) is 4.13 Å². The Morgan fingerprint density at radius 2 is 0.471 bits per heavy atom. The number of hydrogen-bond donors (Lipinski definition) is 0. The van der Waals surface area contributed by atoms with Crippen molar-refractivity contribution in [2.24, 2.45) is 0 Å². The van der Waals surface area contributed by atoms with Crippen LogP contribution in [0.2, 0.25) is 0 Å². The first-order chi connectivity index (χ1) is 57.2. The average molecular weight is 1830 g/mol. The molecule has 34 heteroatoms. The van der Waals surface area contributed by atoms with Gasteiger partial charge in [-0.15, -0.1) is 0 Å². The summed E-state index contributed by atoms with van der Waals surface area (Å²) >= 11 is 0. The number of benzene rings is 8. The van der Waals surface area contributed by atoms with Crippen LogP contribution in [-0.4, -0.2) is 61.3 Å². The normalized spacial score (nSPS) is 17.8. The lowest BCUT2D eigenvalue weighted by molar-refractivity contribution is -0.0425. The van der Waals surface area contributed by atoms with Crippen molar-refractivity contribution in [2.45, 2.75) is 272 Å². The second kappa shape index (κ2) is 40.9. The number of sulfonamides is 2. The van der Waals surface area contributed by atoms with E-state index in [-0.39, 0.29) is 70.2 Å². The highest BCUT2D eigenvalue weighted by Gasteiger charge is 2.59. The molecule has 0 aromatic heterocycles. The molecule has 658 valence electrons. The van der Waals surface area contributed by atoms with Crippen LogP contribution in [0.15, 0.2) is 199 Å². The largest absolute Gasteiger partial charge is 0.742 e. The first-order valence-electron chi connectivity index (χ1n) is 40.5. The lowest BCUT2D eigenvalue weighted by atomic mass is 9.75. The Hall–Kier alpha value is -7.18. The molecule has 0 N–H and O–H groups in total. The molecule has 6 aliphatic carbocycles. The van der Waals surface area contributed by atoms with Crippen molar-refractivity contribution in [2.75, 3.05) is 0 Å². The molecule has 6 aliphatic rings. The zero-order valence-corrected chi connectivity index (χ0v) is 71.6. The predicted molar refractivity (Wildman–Crippen MR) is 437 cm³/mol. The summed E-state index contributed by atoms with van der Waals surface area (Å²) in [7, 11) is -34.3. The predicted octanol–water partition coefficient (Wildman–Crippen LogP) is 24.7. The van der Waals surface area contributed by atoms with Crippen LogP contribution >= 0.6 is 0 Å². The average Bonchev–Trinajstić information content (AvgIpc) is 0.741. The maximum atomic E-state index is 15.1. The molecule has 0 aliphatic heterocycles. The topological polar surface area (TPSA) is 226 Å². The van der Waals surface area contributed by atoms with E-state index in [2.05, 4.69) is 0 Å². The Balaban J connectivity index is 0.000000163. The molecule has 0 amide bonds. The maximum absolute atomic E-state index is 15.1. The van der Waals surface area contributed by atoms with Crippen molar-refractivity contribution in [3.63, 3.8) is 0 Å². The van der Waals surface area contributed by atoms with Gasteiger partial charge in [0.25, 0.3) is 0 Å². The van der Waals surface area contributed by atoms with Crippen LogP contribution in [-0.2, 0) is 72.2 Å². The highest BCUT2D eigenvalue weighted by Crippen LogP contribution is 2.53. The fourth-order valence-electron chi connectivity index (χ4n) is 16.8. The van der Waals surface area contributed by atoms with Gasteiger partial charge in [0.15, 0.2) is 59.5 Å². The summed E-state index contributed by atoms with van der Waals surface area (Å²) in [4.78, 5) is 5.33. The molecule has 0 spiro atoms. The Morgan fingerprint density at radius 1 is 0.281 bits per heavy atom. The van der Waals surface area contributed by atoms with Gasteiger partial charge in [-0.3, -0.25) is 0 Å². The summed E-state index contributed by atoms with van der Waals surface area (Å²) in [5.41, 5.74) is -2.44. The highest BCUT2D eigenvalue weighted by atomic mass is 32.3. The van der Waals surface area contributed by atoms with Gasteiger partial charge >= 0.3 is 34.9 Å². The zero-order chi connectivity index (χ0) is 87.3. The minimum atomic E-state index is -7.11. The Bertz CT molecular complexity index is 4950. The zero-order valence-electron chi connectivity index (χ0n) is 65.9. The van der Waals surface area contributed by atoms with E-state index in [0.29, 0.717) is 53.9 Å². The monoisotopic (exact) mass is 1830 g/mol. The van der Waals surface area contributed by atoms with E-state index in [1.165, 1.54) is 83.3 Å². The molecule has 0 atom stereocenters. The van der Waals surface area contributed by atoms with Crippen molar-refractivity contribution in [3.05, 3.63) is 242 Å². The number of rotatable bonds is 22. The molecular formula is C87H94F13NO13S7. The van der Waals surface area contributed by atoms with E-state index < -0.39 is 92.6 Å². The van der Waals surface area contributed by atoms with E-state index in [0.717, 1.165) is 201 Å². The molecule has 8 aromatic carbocycles. The lowest BCUT2D eigenvalue weighted by Gasteiger charge is -2.33. The smallest absolute Gasteiger partial charge is 0.480 e. The molecule has 121 heavy (non-hydrogen) atoms. The molecule has 0 heterocycles. The first kappa shape index (κ1) is 94.5. The fourth-order valence-corrected chi connectivity index (χ4v) is 26.2. The van der Waals surface area contributed by atoms with Crippen molar-refractivity contribution >= 4 is 72.2 Å². The minimum Gasteiger partial charge on any atom is -0.742 e. The maximum Gasteiger partial charge on any atom is 0.480 e. The van der Waals surface area contributed by atoms with E-state index in [9.17, 15) is 94.9 Å². The first-order valence-corrected chi connectivity index (χ1v) is 50.1. The van der Waals surface area contributed by atoms with Gasteiger partial charge in [-0.25, -0.2) is 51.6 Å². The summed E-state index contributed by atoms with van der Waals surface area (Å²) < 4.78 is 307. The summed E-state index contributed by atoms with van der Waals surface area (Å²) in [5.74, 6) is -2.64. The Morgan fingerprint density at radius 3 is 0.661 bits per heavy atom. The third-order valence-corrected chi connectivity index (χ3v) is 35.2. The summed E-state index contributed by atoms with van der Waals surface area (Å²) in [6, 6.07) is 44.5. The second-order valence-corrected chi connectivity index (χ2v) is 44.0. The third-order valence-electron chi connectivity index (χ3n) is 23.0. The minimum absolute atomic E-state index is 0.0580. The van der Waals surface area contributed by atoms with Gasteiger partial charge in [-0.05, 0) is 292 Å². The van der Waals surface area contributed by atoms with Crippen LogP contribution in [0.5, 0.6) is 11.5 Å². The molecule has 6 fully saturated rings. The molecule has 0 saturated heterocycles. The molecule has 14 rings (SSSR count). The van der Waals surface area contributed by atoms with Crippen LogP contribution in [0.4, 0.5) is 57.1 Å². The molecule has 0 radical (unpaired) electrons. The molecule has 0 unspecified atom stereocenters. The quantitative estimate of drug-likeness (QED) is 0.0267. The number of nitrogens with zero attached hydrogens (tertiary/aromatic N) is 1. The van der Waals surface area contributed by atoms with Crippen molar-refractivity contribution in [3.8, 4) is 11.5 Å². The summed E-state index contributed by atoms with van der Waals surface area (Å²) in [6.45, 7) is 0. The highest BCUT2D eigenvalue weighted by molar-refractivity contribution is 8.18. The van der Waals surface area contributed by atoms with Gasteiger partial charge in [-0.1, -0.05) is 140 Å². The van der Waals surface area contributed by atoms with Gasteiger partial charge < -0.3 is 17.0 Å². The molecule has 0 bridgehead atoms. The third kappa shape index (κ3) is 23.7. The number of hydrogen-bond acceptors (Lipinski definition) is 13. The molecule has 14 nitrogen and oxygen atoms in total. The van der Waals surface area contributed by atoms with E-state index in [1.807, 2.05) is 12.1 Å². The van der Waals surface area contributed by atoms with Gasteiger partial charge in [-0.2, -0.15) is 47.6 Å². The molecular weight excluding hydrogens is 1740 g/mol. The van der Waals surface area contributed by atoms with E-state index in [4.69, 9.17) is 8.37 Å². The number of halogens is 13. The SMILES string of the molecule is Fc1ccc([S+](c2ccc(F)cc2)c2ccc(F)cc2)cc1.Fc1ccc([S+](c2ccc(F)cc2)c2ccc(F)cc2)cc1.O=S(=O)([N-]S(=O)(=O)C(F)(F)S(=O)(=O)Oc1c(C2CCCCC2)cc(C2CCCCC2)cc1C1CCCCC1)C(F)(F)F.O=S(=O)([O-])C(F)(F)S(=O)(=O)Oc1c(C2CCCCC2)cc(C2CCCCC2)cc1C1CCCCC1. The standard InChI is InChI=1S/C26H35F5NO7S3.C25H36F2O6S2.2C18H12F3S/c27-25(28,29)40(33,34)32-41(35,36)26(30,31)42(37,38)39-24-22(19-12-6-2-7-13-19)16-21(18-10-4-1-5-11-18)17-23(24)20-14-8-3-9-15-20;26-25(27,34(28,29)30)35(31,32)33-24-22(19-12-6-2-7-13-19)16-21(18-10-4-1-5-11-18)17-23(24)20-14-8-3-9-15-20;2*19-13-1-7-16(8-2-13)22(17-9-3-14(20)4-10-17)18-11-5-15(21)6-12-18/h16-20H,1-15H2;16-20H,1-15H2,(H,28,29,30);2*1-12H/q-1;;2*+1/p-1. The van der Waals surface area contributed by atoms with Crippen molar-refractivity contribution in [1.82, 2.24) is 0 Å². The molecule has 6 saturated carbocycles. The Kier molecular flexibility index (Phi) is 31.9. The lowest BCUT2D eigenvalue weighted by Crippen LogP contribution is -2.42. The van der Waals surface area contributed by atoms with Crippen LogP contribution in [0, 0.1) is 34.9 Å². The summed E-state index contributed by atoms with van der Waals surface area (Å²) in [5, 5.41) is 0. The number of alkyl halides is 7. The second-order valence-electron chi connectivity index (χ2n) is 31.3. The fraction of sp³-hybridized carbons (Fsp3) is 0.448. The van der Waals surface area contributed by atoms with Gasteiger partial charge in [0, 0.05) is 0 Å². The molecule has 8 aromatic rings. The van der Waals surface area contributed by atoms with Gasteiger partial charge in [0.1, 0.15) is 46.4 Å². The summed E-state index contributed by atoms with van der Waals surface area (Å²) in [6.07, 6.45) is 26.8. The van der Waals surface area contributed by atoms with Crippen molar-refractivity contribution in [1.29, 1.82) is 0 Å². The van der Waals surface area contributed by atoms with Crippen LogP contribution in [0.1, 0.15) is 262 Å². The van der Waals surface area contributed by atoms with Crippen LogP contribution in [0.3, 0.4) is 0 Å². The van der Waals surface area contributed by atoms with Gasteiger partial charge in [0.2, 0.25) is 0 Å². The Labute approximate surface area is 705 Å². The van der Waals surface area contributed by atoms with Crippen LogP contribution < -0.4 is 8.37 Å². The van der Waals surface area contributed by atoms with Gasteiger partial charge in [0.05, 0.1) is 21.8 Å².